The van der Waals surface area contributed by atoms with Crippen LogP contribution in [0.15, 0.2) is 29.2 Å². The van der Waals surface area contributed by atoms with Gasteiger partial charge in [-0.25, -0.2) is 8.42 Å². The molecule has 1 heterocycles. The van der Waals surface area contributed by atoms with Crippen LogP contribution in [-0.2, 0) is 10.0 Å². The summed E-state index contributed by atoms with van der Waals surface area (Å²) in [7, 11) is -3.26. The topological polar surface area (TPSA) is 37.4 Å². The molecule has 1 saturated heterocycles. The zero-order chi connectivity index (χ0) is 11.8. The second-order valence-corrected chi connectivity index (χ2v) is 7.76. The lowest BCUT2D eigenvalue weighted by Crippen LogP contribution is -2.28. The molecular weight excluding hydrogens is 337 g/mol. The standard InChI is InChI=1S/C11H14INO2S/c1-9-2-4-11(5-3-9)16(14,15)13-7-6-10(12)8-13/h2-5,10H,6-8H2,1H3/t10-/m0/s1. The molecule has 0 N–H and O–H groups in total. The summed E-state index contributed by atoms with van der Waals surface area (Å²) in [6.07, 6.45) is 0.950. The largest absolute Gasteiger partial charge is 0.243 e. The van der Waals surface area contributed by atoms with Crippen molar-refractivity contribution in [3.05, 3.63) is 29.8 Å². The van der Waals surface area contributed by atoms with Gasteiger partial charge in [-0.3, -0.25) is 0 Å². The SMILES string of the molecule is Cc1ccc(S(=O)(=O)N2CC[C@H](I)C2)cc1. The van der Waals surface area contributed by atoms with Gasteiger partial charge in [-0.15, -0.1) is 0 Å². The molecular formula is C11H14INO2S. The average Bonchev–Trinajstić information content (AvgIpc) is 2.66. The van der Waals surface area contributed by atoms with Gasteiger partial charge in [-0.2, -0.15) is 4.31 Å². The van der Waals surface area contributed by atoms with Crippen molar-refractivity contribution in [1.29, 1.82) is 0 Å². The summed E-state index contributed by atoms with van der Waals surface area (Å²) in [6, 6.07) is 7.05. The van der Waals surface area contributed by atoms with Gasteiger partial charge in [-0.05, 0) is 25.5 Å². The van der Waals surface area contributed by atoms with E-state index in [0.29, 0.717) is 21.9 Å². The number of halogens is 1. The molecule has 16 heavy (non-hydrogen) atoms. The Balaban J connectivity index is 2.29. The summed E-state index contributed by atoms with van der Waals surface area (Å²) in [5, 5.41) is 0. The lowest BCUT2D eigenvalue weighted by Gasteiger charge is -2.15. The van der Waals surface area contributed by atoms with Gasteiger partial charge in [0.15, 0.2) is 0 Å². The fourth-order valence-electron chi connectivity index (χ4n) is 1.77. The van der Waals surface area contributed by atoms with E-state index in [-0.39, 0.29) is 0 Å². The molecule has 0 amide bonds. The molecule has 0 unspecified atom stereocenters. The van der Waals surface area contributed by atoms with Crippen molar-refractivity contribution >= 4 is 32.6 Å². The number of benzene rings is 1. The molecule has 1 aliphatic heterocycles. The molecule has 1 aromatic carbocycles. The van der Waals surface area contributed by atoms with Gasteiger partial charge in [0.25, 0.3) is 0 Å². The van der Waals surface area contributed by atoms with Gasteiger partial charge in [0, 0.05) is 17.0 Å². The molecule has 88 valence electrons. The molecule has 0 saturated carbocycles. The minimum atomic E-state index is -3.26. The Bertz CT molecular complexity index is 469. The first-order chi connectivity index (χ1) is 7.50. The molecule has 2 rings (SSSR count). The maximum atomic E-state index is 12.2. The molecule has 0 bridgehead atoms. The Morgan fingerprint density at radius 2 is 1.94 bits per heavy atom. The molecule has 1 aromatic rings. The monoisotopic (exact) mass is 351 g/mol. The third-order valence-corrected chi connectivity index (χ3v) is 5.65. The van der Waals surface area contributed by atoms with Crippen molar-refractivity contribution in [2.45, 2.75) is 22.2 Å². The van der Waals surface area contributed by atoms with E-state index in [1.807, 2.05) is 19.1 Å². The van der Waals surface area contributed by atoms with E-state index >= 15 is 0 Å². The van der Waals surface area contributed by atoms with Gasteiger partial charge in [0.1, 0.15) is 0 Å². The Kier molecular flexibility index (Phi) is 3.56. The van der Waals surface area contributed by atoms with E-state index in [1.54, 1.807) is 16.4 Å². The average molecular weight is 351 g/mol. The Hall–Kier alpha value is -0.140. The van der Waals surface area contributed by atoms with Crippen LogP contribution in [0, 0.1) is 6.92 Å². The summed E-state index contributed by atoms with van der Waals surface area (Å²) in [5.74, 6) is 0. The normalized spacial score (nSPS) is 22.5. The first kappa shape index (κ1) is 12.3. The van der Waals surface area contributed by atoms with Crippen molar-refractivity contribution in [3.63, 3.8) is 0 Å². The van der Waals surface area contributed by atoms with Crippen LogP contribution in [0.4, 0.5) is 0 Å². The lowest BCUT2D eigenvalue weighted by atomic mass is 10.2. The predicted molar refractivity (Wildman–Crippen MR) is 72.4 cm³/mol. The highest BCUT2D eigenvalue weighted by molar-refractivity contribution is 14.1. The molecule has 1 atom stereocenters. The van der Waals surface area contributed by atoms with Crippen molar-refractivity contribution in [2.75, 3.05) is 13.1 Å². The van der Waals surface area contributed by atoms with E-state index in [9.17, 15) is 8.42 Å². The van der Waals surface area contributed by atoms with Crippen LogP contribution >= 0.6 is 22.6 Å². The summed E-state index contributed by atoms with van der Waals surface area (Å²) >= 11 is 2.31. The Morgan fingerprint density at radius 3 is 2.44 bits per heavy atom. The molecule has 1 fully saturated rings. The van der Waals surface area contributed by atoms with Crippen LogP contribution in [0.2, 0.25) is 0 Å². The number of hydrogen-bond donors (Lipinski definition) is 0. The minimum absolute atomic E-state index is 0.406. The number of aryl methyl sites for hydroxylation is 1. The highest BCUT2D eigenvalue weighted by Gasteiger charge is 2.30. The Labute approximate surface area is 110 Å². The number of nitrogens with zero attached hydrogens (tertiary/aromatic N) is 1. The van der Waals surface area contributed by atoms with Crippen LogP contribution in [0.3, 0.4) is 0 Å². The highest BCUT2D eigenvalue weighted by atomic mass is 127. The zero-order valence-corrected chi connectivity index (χ0v) is 12.0. The Morgan fingerprint density at radius 1 is 1.31 bits per heavy atom. The van der Waals surface area contributed by atoms with E-state index in [0.717, 1.165) is 12.0 Å². The summed E-state index contributed by atoms with van der Waals surface area (Å²) in [5.41, 5.74) is 1.08. The number of alkyl halides is 1. The first-order valence-corrected chi connectivity index (χ1v) is 7.89. The maximum Gasteiger partial charge on any atom is 0.243 e. The number of rotatable bonds is 2. The highest BCUT2D eigenvalue weighted by Crippen LogP contribution is 2.24. The molecule has 0 radical (unpaired) electrons. The van der Waals surface area contributed by atoms with Gasteiger partial charge in [-0.1, -0.05) is 40.3 Å². The van der Waals surface area contributed by atoms with Crippen LogP contribution in [0.1, 0.15) is 12.0 Å². The van der Waals surface area contributed by atoms with Gasteiger partial charge >= 0.3 is 0 Å². The summed E-state index contributed by atoms with van der Waals surface area (Å²) < 4.78 is 26.4. The van der Waals surface area contributed by atoms with E-state index in [2.05, 4.69) is 22.6 Å². The zero-order valence-electron chi connectivity index (χ0n) is 9.06. The van der Waals surface area contributed by atoms with E-state index in [4.69, 9.17) is 0 Å². The van der Waals surface area contributed by atoms with Gasteiger partial charge in [0.05, 0.1) is 4.90 Å². The second-order valence-electron chi connectivity index (χ2n) is 4.06. The smallest absolute Gasteiger partial charge is 0.207 e. The van der Waals surface area contributed by atoms with Gasteiger partial charge in [0.2, 0.25) is 10.0 Å². The van der Waals surface area contributed by atoms with Crippen LogP contribution in [0.25, 0.3) is 0 Å². The molecule has 5 heteroatoms. The summed E-state index contributed by atoms with van der Waals surface area (Å²) in [6.45, 7) is 3.23. The lowest BCUT2D eigenvalue weighted by molar-refractivity contribution is 0.478. The fourth-order valence-corrected chi connectivity index (χ4v) is 4.29. The van der Waals surface area contributed by atoms with Crippen molar-refractivity contribution in [3.8, 4) is 0 Å². The van der Waals surface area contributed by atoms with E-state index in [1.165, 1.54) is 0 Å². The van der Waals surface area contributed by atoms with Crippen LogP contribution < -0.4 is 0 Å². The number of hydrogen-bond acceptors (Lipinski definition) is 2. The molecule has 1 aliphatic rings. The fraction of sp³-hybridized carbons (Fsp3) is 0.455. The molecule has 0 aliphatic carbocycles. The molecule has 0 spiro atoms. The third-order valence-electron chi connectivity index (χ3n) is 2.75. The van der Waals surface area contributed by atoms with Crippen molar-refractivity contribution in [2.24, 2.45) is 0 Å². The number of sulfonamides is 1. The minimum Gasteiger partial charge on any atom is -0.207 e. The quantitative estimate of drug-likeness (QED) is 0.605. The van der Waals surface area contributed by atoms with Crippen molar-refractivity contribution in [1.82, 2.24) is 4.31 Å². The second kappa shape index (κ2) is 4.62. The molecule has 0 aromatic heterocycles. The summed E-state index contributed by atoms with van der Waals surface area (Å²) in [4.78, 5) is 0.406. The van der Waals surface area contributed by atoms with Gasteiger partial charge < -0.3 is 0 Å². The third kappa shape index (κ3) is 2.41. The molecule has 3 nitrogen and oxygen atoms in total. The maximum absolute atomic E-state index is 12.2. The predicted octanol–water partition coefficient (Wildman–Crippen LogP) is 2.19. The van der Waals surface area contributed by atoms with E-state index < -0.39 is 10.0 Å². The van der Waals surface area contributed by atoms with Crippen molar-refractivity contribution < 1.29 is 8.42 Å². The van der Waals surface area contributed by atoms with Crippen LogP contribution in [0.5, 0.6) is 0 Å². The first-order valence-electron chi connectivity index (χ1n) is 5.21. The van der Waals surface area contributed by atoms with Crippen LogP contribution in [-0.4, -0.2) is 29.7 Å².